The Labute approximate surface area is 169 Å². The fraction of sp³-hybridized carbons (Fsp3) is 0.318. The van der Waals surface area contributed by atoms with Gasteiger partial charge in [-0.05, 0) is 42.7 Å². The molecule has 1 atom stereocenters. The van der Waals surface area contributed by atoms with Gasteiger partial charge in [0.1, 0.15) is 15.8 Å². The molecule has 1 aromatic heterocycles. The second-order valence-electron chi connectivity index (χ2n) is 7.02. The lowest BCUT2D eigenvalue weighted by atomic mass is 9.98. The monoisotopic (exact) mass is 393 g/mol. The average Bonchev–Trinajstić information content (AvgIpc) is 3.22. The number of amides is 1. The van der Waals surface area contributed by atoms with Crippen LogP contribution in [0.4, 0.5) is 0 Å². The van der Waals surface area contributed by atoms with Crippen molar-refractivity contribution >= 4 is 17.2 Å². The van der Waals surface area contributed by atoms with E-state index in [0.29, 0.717) is 12.1 Å². The molecular weight excluding hydrogens is 370 g/mol. The summed E-state index contributed by atoms with van der Waals surface area (Å²) in [4.78, 5) is 14.8. The highest BCUT2D eigenvalue weighted by molar-refractivity contribution is 7.11. The Kier molecular flexibility index (Phi) is 5.67. The third-order valence-corrected chi connectivity index (χ3v) is 6.16. The second kappa shape index (κ2) is 8.52. The van der Waals surface area contributed by atoms with Gasteiger partial charge in [-0.2, -0.15) is 0 Å². The fourth-order valence-corrected chi connectivity index (χ4v) is 4.56. The maximum atomic E-state index is 12.9. The Morgan fingerprint density at radius 1 is 1.14 bits per heavy atom. The molecule has 3 aromatic rings. The van der Waals surface area contributed by atoms with Crippen LogP contribution in [-0.2, 0) is 6.42 Å². The summed E-state index contributed by atoms with van der Waals surface area (Å²) in [6.07, 6.45) is 2.84. The van der Waals surface area contributed by atoms with Gasteiger partial charge in [0.05, 0.1) is 7.11 Å². The van der Waals surface area contributed by atoms with Crippen LogP contribution in [0.15, 0.2) is 54.6 Å². The normalized spacial score (nSPS) is 16.8. The summed E-state index contributed by atoms with van der Waals surface area (Å²) in [5.74, 6) is 1.09. The summed E-state index contributed by atoms with van der Waals surface area (Å²) in [5, 5.41) is 10.9. The zero-order valence-electron chi connectivity index (χ0n) is 15.9. The lowest BCUT2D eigenvalue weighted by Gasteiger charge is -2.31. The van der Waals surface area contributed by atoms with Crippen LogP contribution in [0, 0.1) is 0 Å². The summed E-state index contributed by atoms with van der Waals surface area (Å²) in [6, 6.07) is 17.6. The molecule has 1 fully saturated rings. The minimum atomic E-state index is 0.0707. The number of carbonyl (C=O) groups excluding carboxylic acids is 1. The summed E-state index contributed by atoms with van der Waals surface area (Å²) < 4.78 is 5.18. The molecular formula is C22H23N3O2S. The molecule has 0 spiro atoms. The molecule has 0 N–H and O–H groups in total. The molecule has 1 amide bonds. The van der Waals surface area contributed by atoms with Crippen LogP contribution in [0.2, 0.25) is 0 Å². The van der Waals surface area contributed by atoms with Gasteiger partial charge >= 0.3 is 0 Å². The fourth-order valence-electron chi connectivity index (χ4n) is 3.55. The molecule has 1 unspecified atom stereocenters. The second-order valence-corrected chi connectivity index (χ2v) is 8.11. The van der Waals surface area contributed by atoms with Crippen molar-refractivity contribution in [3.63, 3.8) is 0 Å². The Hall–Kier alpha value is -2.73. The van der Waals surface area contributed by atoms with Crippen LogP contribution in [0.25, 0.3) is 0 Å². The van der Waals surface area contributed by atoms with E-state index in [1.165, 1.54) is 5.56 Å². The van der Waals surface area contributed by atoms with Gasteiger partial charge in [-0.15, -0.1) is 21.5 Å². The van der Waals surface area contributed by atoms with E-state index in [-0.39, 0.29) is 11.8 Å². The summed E-state index contributed by atoms with van der Waals surface area (Å²) in [5.41, 5.74) is 1.94. The van der Waals surface area contributed by atoms with Gasteiger partial charge in [0.15, 0.2) is 0 Å². The third kappa shape index (κ3) is 4.22. The molecule has 1 aliphatic rings. The van der Waals surface area contributed by atoms with Crippen LogP contribution in [0.5, 0.6) is 5.75 Å². The van der Waals surface area contributed by atoms with Crippen molar-refractivity contribution in [3.8, 4) is 5.75 Å². The van der Waals surface area contributed by atoms with E-state index < -0.39 is 0 Å². The van der Waals surface area contributed by atoms with Gasteiger partial charge in [0, 0.05) is 31.0 Å². The molecule has 28 heavy (non-hydrogen) atoms. The summed E-state index contributed by atoms with van der Waals surface area (Å²) in [7, 11) is 1.63. The molecule has 0 saturated carbocycles. The van der Waals surface area contributed by atoms with Crippen molar-refractivity contribution in [2.75, 3.05) is 20.2 Å². The molecule has 2 heterocycles. The zero-order valence-corrected chi connectivity index (χ0v) is 16.7. The molecule has 1 saturated heterocycles. The maximum absolute atomic E-state index is 12.9. The molecule has 1 aliphatic heterocycles. The highest BCUT2D eigenvalue weighted by Crippen LogP contribution is 2.30. The molecule has 144 valence electrons. The Morgan fingerprint density at radius 3 is 2.68 bits per heavy atom. The van der Waals surface area contributed by atoms with Crippen molar-refractivity contribution in [2.24, 2.45) is 0 Å². The minimum Gasteiger partial charge on any atom is -0.497 e. The van der Waals surface area contributed by atoms with Crippen LogP contribution in [-0.4, -0.2) is 41.2 Å². The van der Waals surface area contributed by atoms with Crippen molar-refractivity contribution in [1.82, 2.24) is 15.1 Å². The SMILES string of the molecule is COc1ccc(C(=O)N2CCCC(c3nnc(Cc4ccccc4)s3)C2)cc1. The summed E-state index contributed by atoms with van der Waals surface area (Å²) >= 11 is 1.67. The van der Waals surface area contributed by atoms with E-state index >= 15 is 0 Å². The number of carbonyl (C=O) groups is 1. The first kappa shape index (κ1) is 18.6. The third-order valence-electron chi connectivity index (χ3n) is 5.08. The number of methoxy groups -OCH3 is 1. The average molecular weight is 394 g/mol. The van der Waals surface area contributed by atoms with Crippen LogP contribution in [0.1, 0.15) is 44.7 Å². The maximum Gasteiger partial charge on any atom is 0.253 e. The molecule has 4 rings (SSSR count). The standard InChI is InChI=1S/C22H23N3O2S/c1-27-19-11-9-17(10-12-19)22(26)25-13-5-8-18(15-25)21-24-23-20(28-21)14-16-6-3-2-4-7-16/h2-4,6-7,9-12,18H,5,8,13-15H2,1H3. The van der Waals surface area contributed by atoms with Crippen molar-refractivity contribution in [3.05, 3.63) is 75.7 Å². The van der Waals surface area contributed by atoms with Crippen LogP contribution < -0.4 is 4.74 Å². The highest BCUT2D eigenvalue weighted by Gasteiger charge is 2.27. The first-order valence-electron chi connectivity index (χ1n) is 9.52. The van der Waals surface area contributed by atoms with Gasteiger partial charge in [0.2, 0.25) is 0 Å². The Balaban J connectivity index is 1.42. The number of benzene rings is 2. The predicted molar refractivity (Wildman–Crippen MR) is 110 cm³/mol. The van der Waals surface area contributed by atoms with E-state index in [0.717, 1.165) is 41.6 Å². The first-order valence-corrected chi connectivity index (χ1v) is 10.3. The number of piperidine rings is 1. The Bertz CT molecular complexity index is 924. The lowest BCUT2D eigenvalue weighted by molar-refractivity contribution is 0.0707. The van der Waals surface area contributed by atoms with Gasteiger partial charge in [-0.1, -0.05) is 30.3 Å². The van der Waals surface area contributed by atoms with E-state index in [9.17, 15) is 4.79 Å². The number of likely N-dealkylation sites (tertiary alicyclic amines) is 1. The molecule has 6 heteroatoms. The number of hydrogen-bond donors (Lipinski definition) is 0. The number of hydrogen-bond acceptors (Lipinski definition) is 5. The van der Waals surface area contributed by atoms with Crippen LogP contribution >= 0.6 is 11.3 Å². The van der Waals surface area contributed by atoms with Gasteiger partial charge in [-0.3, -0.25) is 4.79 Å². The first-order chi connectivity index (χ1) is 13.7. The van der Waals surface area contributed by atoms with Crippen molar-refractivity contribution < 1.29 is 9.53 Å². The van der Waals surface area contributed by atoms with Crippen molar-refractivity contribution in [1.29, 1.82) is 0 Å². The van der Waals surface area contributed by atoms with E-state index in [1.807, 2.05) is 47.4 Å². The number of ether oxygens (including phenoxy) is 1. The lowest BCUT2D eigenvalue weighted by Crippen LogP contribution is -2.39. The summed E-state index contributed by atoms with van der Waals surface area (Å²) in [6.45, 7) is 1.49. The van der Waals surface area contributed by atoms with Crippen LogP contribution in [0.3, 0.4) is 0 Å². The topological polar surface area (TPSA) is 55.3 Å². The molecule has 0 bridgehead atoms. The van der Waals surface area contributed by atoms with E-state index in [2.05, 4.69) is 22.3 Å². The number of aromatic nitrogens is 2. The quantitative estimate of drug-likeness (QED) is 0.653. The molecule has 0 aliphatic carbocycles. The number of rotatable bonds is 5. The zero-order chi connectivity index (χ0) is 19.3. The predicted octanol–water partition coefficient (Wildman–Crippen LogP) is 4.16. The van der Waals surface area contributed by atoms with Gasteiger partial charge in [-0.25, -0.2) is 0 Å². The smallest absolute Gasteiger partial charge is 0.253 e. The van der Waals surface area contributed by atoms with E-state index in [1.54, 1.807) is 18.4 Å². The van der Waals surface area contributed by atoms with Gasteiger partial charge < -0.3 is 9.64 Å². The Morgan fingerprint density at radius 2 is 1.93 bits per heavy atom. The minimum absolute atomic E-state index is 0.0707. The van der Waals surface area contributed by atoms with E-state index in [4.69, 9.17) is 4.74 Å². The van der Waals surface area contributed by atoms with Gasteiger partial charge in [0.25, 0.3) is 5.91 Å². The molecule has 5 nitrogen and oxygen atoms in total. The largest absolute Gasteiger partial charge is 0.497 e. The number of nitrogens with zero attached hydrogens (tertiary/aromatic N) is 3. The highest BCUT2D eigenvalue weighted by atomic mass is 32.1. The van der Waals surface area contributed by atoms with Crippen molar-refractivity contribution in [2.45, 2.75) is 25.2 Å². The molecule has 0 radical (unpaired) electrons. The molecule has 2 aromatic carbocycles.